The normalized spacial score (nSPS) is 11.7. The molecule has 0 atom stereocenters. The zero-order valence-corrected chi connectivity index (χ0v) is 15.5. The van der Waals surface area contributed by atoms with Crippen LogP contribution in [-0.2, 0) is 6.54 Å². The second-order valence-corrected chi connectivity index (χ2v) is 6.25. The number of nitrogens with zero attached hydrogens (tertiary/aromatic N) is 2. The predicted molar refractivity (Wildman–Crippen MR) is 100 cm³/mol. The van der Waals surface area contributed by atoms with E-state index in [1.54, 1.807) is 0 Å². The van der Waals surface area contributed by atoms with Crippen molar-refractivity contribution >= 4 is 11.9 Å². The highest BCUT2D eigenvalue weighted by Crippen LogP contribution is 2.07. The number of rotatable bonds is 8. The van der Waals surface area contributed by atoms with Gasteiger partial charge in [-0.15, -0.1) is 0 Å². The van der Waals surface area contributed by atoms with Crippen molar-refractivity contribution in [3.05, 3.63) is 35.4 Å². The first-order chi connectivity index (χ1) is 11.4. The Balaban J connectivity index is 2.68. The van der Waals surface area contributed by atoms with Gasteiger partial charge in [0.05, 0.1) is 6.54 Å². The average molecular weight is 333 g/mol. The minimum absolute atomic E-state index is 0.0464. The summed E-state index contributed by atoms with van der Waals surface area (Å²) in [5.41, 5.74) is 1.68. The summed E-state index contributed by atoms with van der Waals surface area (Å²) in [6, 6.07) is 7.92. The number of guanidine groups is 1. The van der Waals surface area contributed by atoms with Crippen molar-refractivity contribution in [1.82, 2.24) is 20.9 Å². The molecule has 0 radical (unpaired) electrons. The first-order valence-corrected chi connectivity index (χ1v) is 8.49. The van der Waals surface area contributed by atoms with Crippen molar-refractivity contribution in [2.45, 2.75) is 33.4 Å². The summed E-state index contributed by atoms with van der Waals surface area (Å²) < 4.78 is 0. The molecule has 0 saturated heterocycles. The Kier molecular flexibility index (Phi) is 8.86. The molecule has 0 heterocycles. The fraction of sp³-hybridized carbons (Fsp3) is 0.556. The third-order valence-electron chi connectivity index (χ3n) is 3.22. The third-order valence-corrected chi connectivity index (χ3v) is 3.22. The topological polar surface area (TPSA) is 68.8 Å². The number of amides is 1. The van der Waals surface area contributed by atoms with E-state index in [4.69, 9.17) is 0 Å². The van der Waals surface area contributed by atoms with Crippen LogP contribution in [0.25, 0.3) is 0 Å². The Hall–Kier alpha value is -2.08. The summed E-state index contributed by atoms with van der Waals surface area (Å²) in [5.74, 6) is 0.739. The maximum Gasteiger partial charge on any atom is 0.251 e. The summed E-state index contributed by atoms with van der Waals surface area (Å²) >= 11 is 0. The Morgan fingerprint density at radius 3 is 2.62 bits per heavy atom. The molecule has 1 aromatic carbocycles. The molecule has 0 fully saturated rings. The molecule has 24 heavy (non-hydrogen) atoms. The van der Waals surface area contributed by atoms with Crippen molar-refractivity contribution in [1.29, 1.82) is 0 Å². The van der Waals surface area contributed by atoms with Gasteiger partial charge in [-0.05, 0) is 52.6 Å². The Morgan fingerprint density at radius 1 is 1.25 bits per heavy atom. The molecule has 6 nitrogen and oxygen atoms in total. The highest BCUT2D eigenvalue weighted by Gasteiger charge is 2.06. The highest BCUT2D eigenvalue weighted by atomic mass is 16.1. The number of nitrogens with one attached hydrogen (secondary N) is 3. The van der Waals surface area contributed by atoms with E-state index in [0.717, 1.165) is 24.6 Å². The Bertz CT molecular complexity index is 540. The number of aliphatic imine (C=N–C) groups is 1. The van der Waals surface area contributed by atoms with Crippen LogP contribution in [0.4, 0.5) is 0 Å². The van der Waals surface area contributed by atoms with Crippen molar-refractivity contribution in [2.24, 2.45) is 4.99 Å². The lowest BCUT2D eigenvalue weighted by molar-refractivity contribution is 0.0951. The molecule has 6 heteroatoms. The molecule has 0 unspecified atom stereocenters. The molecular weight excluding hydrogens is 302 g/mol. The van der Waals surface area contributed by atoms with Gasteiger partial charge in [-0.1, -0.05) is 12.1 Å². The molecular formula is C18H31N5O. The van der Waals surface area contributed by atoms with Crippen LogP contribution in [0.15, 0.2) is 29.3 Å². The van der Waals surface area contributed by atoms with Gasteiger partial charge in [-0.3, -0.25) is 4.79 Å². The van der Waals surface area contributed by atoms with E-state index >= 15 is 0 Å². The van der Waals surface area contributed by atoms with E-state index in [9.17, 15) is 4.79 Å². The summed E-state index contributed by atoms with van der Waals surface area (Å²) in [6.07, 6.45) is 0. The molecule has 1 rings (SSSR count). The second kappa shape index (κ2) is 10.6. The van der Waals surface area contributed by atoms with E-state index < -0.39 is 0 Å². The van der Waals surface area contributed by atoms with E-state index in [1.165, 1.54) is 0 Å². The molecule has 0 bridgehead atoms. The lowest BCUT2D eigenvalue weighted by atomic mass is 10.1. The van der Waals surface area contributed by atoms with Crippen molar-refractivity contribution < 1.29 is 4.79 Å². The van der Waals surface area contributed by atoms with Gasteiger partial charge in [0.25, 0.3) is 5.91 Å². The fourth-order valence-electron chi connectivity index (χ4n) is 2.07. The summed E-state index contributed by atoms with van der Waals surface area (Å²) in [6.45, 7) is 8.99. The van der Waals surface area contributed by atoms with E-state index in [1.807, 2.05) is 50.2 Å². The predicted octanol–water partition coefficient (Wildman–Crippen LogP) is 1.44. The lowest BCUT2D eigenvalue weighted by Gasteiger charge is -2.14. The van der Waals surface area contributed by atoms with Crippen LogP contribution in [0.1, 0.15) is 36.7 Å². The average Bonchev–Trinajstić information content (AvgIpc) is 2.52. The lowest BCUT2D eigenvalue weighted by Crippen LogP contribution is -2.41. The number of carbonyl (C=O) groups excluding carboxylic acids is 1. The molecule has 1 aromatic rings. The summed E-state index contributed by atoms with van der Waals surface area (Å²) in [5, 5.41) is 9.42. The first kappa shape index (κ1) is 20.0. The minimum Gasteiger partial charge on any atom is -0.357 e. The quantitative estimate of drug-likeness (QED) is 0.497. The van der Waals surface area contributed by atoms with Gasteiger partial charge < -0.3 is 20.9 Å². The molecule has 1 amide bonds. The number of hydrogen-bond acceptors (Lipinski definition) is 3. The maximum atomic E-state index is 12.2. The maximum absolute atomic E-state index is 12.2. The second-order valence-electron chi connectivity index (χ2n) is 6.25. The van der Waals surface area contributed by atoms with Gasteiger partial charge in [0.2, 0.25) is 0 Å². The summed E-state index contributed by atoms with van der Waals surface area (Å²) in [7, 11) is 3.97. The number of likely N-dealkylation sites (N-methyl/N-ethyl adjacent to an activating group) is 1. The van der Waals surface area contributed by atoms with E-state index in [2.05, 4.69) is 34.8 Å². The minimum atomic E-state index is -0.0464. The monoisotopic (exact) mass is 333 g/mol. The van der Waals surface area contributed by atoms with Crippen LogP contribution in [-0.4, -0.2) is 56.5 Å². The van der Waals surface area contributed by atoms with Gasteiger partial charge >= 0.3 is 0 Å². The van der Waals surface area contributed by atoms with Crippen molar-refractivity contribution in [3.8, 4) is 0 Å². The van der Waals surface area contributed by atoms with Crippen molar-refractivity contribution in [2.75, 3.05) is 33.7 Å². The smallest absolute Gasteiger partial charge is 0.251 e. The van der Waals surface area contributed by atoms with E-state index in [0.29, 0.717) is 24.7 Å². The third kappa shape index (κ3) is 7.97. The van der Waals surface area contributed by atoms with Crippen LogP contribution in [0.3, 0.4) is 0 Å². The zero-order valence-electron chi connectivity index (χ0n) is 15.5. The van der Waals surface area contributed by atoms with Crippen molar-refractivity contribution in [3.63, 3.8) is 0 Å². The van der Waals surface area contributed by atoms with Gasteiger partial charge in [0.15, 0.2) is 5.96 Å². The molecule has 0 aliphatic rings. The number of benzene rings is 1. The largest absolute Gasteiger partial charge is 0.357 e. The number of hydrogen-bond donors (Lipinski definition) is 3. The Labute approximate surface area is 145 Å². The van der Waals surface area contributed by atoms with Crippen LogP contribution < -0.4 is 16.0 Å². The molecule has 134 valence electrons. The fourth-order valence-corrected chi connectivity index (χ4v) is 2.07. The molecule has 0 saturated carbocycles. The van der Waals surface area contributed by atoms with Crippen LogP contribution in [0.5, 0.6) is 0 Å². The van der Waals surface area contributed by atoms with E-state index in [-0.39, 0.29) is 5.91 Å². The summed E-state index contributed by atoms with van der Waals surface area (Å²) in [4.78, 5) is 18.8. The van der Waals surface area contributed by atoms with Gasteiger partial charge in [-0.2, -0.15) is 0 Å². The standard InChI is InChI=1S/C18H31N5O/c1-6-19-18(22-14(2)3)21-13-15-8-7-9-16(12-15)17(24)20-10-11-23(4)5/h7-9,12,14H,6,10-11,13H2,1-5H3,(H,20,24)(H2,19,21,22). The molecule has 0 spiro atoms. The van der Waals surface area contributed by atoms with Crippen LogP contribution in [0.2, 0.25) is 0 Å². The zero-order chi connectivity index (χ0) is 17.9. The number of carbonyl (C=O) groups is 1. The molecule has 0 aromatic heterocycles. The first-order valence-electron chi connectivity index (χ1n) is 8.49. The van der Waals surface area contributed by atoms with Crippen LogP contribution in [0, 0.1) is 0 Å². The Morgan fingerprint density at radius 2 is 2.00 bits per heavy atom. The van der Waals surface area contributed by atoms with Crippen LogP contribution >= 0.6 is 0 Å². The SMILES string of the molecule is CCNC(=NCc1cccc(C(=O)NCCN(C)C)c1)NC(C)C. The molecule has 0 aliphatic heterocycles. The van der Waals surface area contributed by atoms with Gasteiger partial charge in [-0.25, -0.2) is 4.99 Å². The molecule has 3 N–H and O–H groups in total. The highest BCUT2D eigenvalue weighted by molar-refractivity contribution is 5.94. The van der Waals surface area contributed by atoms with Gasteiger partial charge in [0, 0.05) is 31.2 Å². The molecule has 0 aliphatic carbocycles. The van der Waals surface area contributed by atoms with Gasteiger partial charge in [0.1, 0.15) is 0 Å².